The van der Waals surface area contributed by atoms with Crippen LogP contribution in [-0.4, -0.2) is 43.7 Å². The number of morpholine rings is 1. The van der Waals surface area contributed by atoms with E-state index >= 15 is 0 Å². The quantitative estimate of drug-likeness (QED) is 0.895. The highest BCUT2D eigenvalue weighted by atomic mass is 19.1. The zero-order valence-electron chi connectivity index (χ0n) is 12.6. The molecule has 1 N–H and O–H groups in total. The Morgan fingerprint density at radius 2 is 2.23 bits per heavy atom. The molecule has 6 heteroatoms. The molecule has 1 aromatic rings. The van der Waals surface area contributed by atoms with Gasteiger partial charge in [-0.1, -0.05) is 12.1 Å². The summed E-state index contributed by atoms with van der Waals surface area (Å²) < 4.78 is 18.8. The molecule has 1 fully saturated rings. The average molecular weight is 305 g/mol. The number of rotatable bonds is 5. The molecule has 1 saturated heterocycles. The largest absolute Gasteiger partial charge is 0.379 e. The van der Waals surface area contributed by atoms with E-state index in [1.165, 1.54) is 12.1 Å². The van der Waals surface area contributed by atoms with Gasteiger partial charge < -0.3 is 10.1 Å². The lowest BCUT2D eigenvalue weighted by molar-refractivity contribution is -0.128. The van der Waals surface area contributed by atoms with Crippen molar-refractivity contribution in [2.24, 2.45) is 5.92 Å². The molecule has 1 amide bonds. The van der Waals surface area contributed by atoms with Gasteiger partial charge in [-0.2, -0.15) is 5.26 Å². The van der Waals surface area contributed by atoms with E-state index in [-0.39, 0.29) is 24.2 Å². The summed E-state index contributed by atoms with van der Waals surface area (Å²) in [4.78, 5) is 14.5. The zero-order chi connectivity index (χ0) is 15.9. The normalized spacial score (nSPS) is 18.2. The second-order valence-electron chi connectivity index (χ2n) is 5.38. The van der Waals surface area contributed by atoms with E-state index in [9.17, 15) is 9.18 Å². The van der Waals surface area contributed by atoms with Gasteiger partial charge in [0.25, 0.3) is 0 Å². The second-order valence-corrected chi connectivity index (χ2v) is 5.38. The van der Waals surface area contributed by atoms with Gasteiger partial charge in [-0.25, -0.2) is 4.39 Å². The first kappa shape index (κ1) is 16.4. The van der Waals surface area contributed by atoms with Gasteiger partial charge in [-0.15, -0.1) is 0 Å². The van der Waals surface area contributed by atoms with Crippen LogP contribution in [0.15, 0.2) is 24.3 Å². The topological polar surface area (TPSA) is 65.4 Å². The number of ether oxygens (including phenoxy) is 1. The van der Waals surface area contributed by atoms with E-state index in [4.69, 9.17) is 10.00 Å². The van der Waals surface area contributed by atoms with Gasteiger partial charge >= 0.3 is 0 Å². The fourth-order valence-corrected chi connectivity index (χ4v) is 2.44. The molecule has 2 atom stereocenters. The number of hydrogen-bond donors (Lipinski definition) is 1. The highest BCUT2D eigenvalue weighted by molar-refractivity contribution is 5.83. The number of benzene rings is 1. The van der Waals surface area contributed by atoms with Crippen LogP contribution in [0.1, 0.15) is 18.5 Å². The Labute approximate surface area is 129 Å². The number of nitrogens with zero attached hydrogens (tertiary/aromatic N) is 2. The molecular weight excluding hydrogens is 285 g/mol. The van der Waals surface area contributed by atoms with Crippen LogP contribution < -0.4 is 5.32 Å². The molecule has 22 heavy (non-hydrogen) atoms. The van der Waals surface area contributed by atoms with Crippen molar-refractivity contribution in [1.29, 1.82) is 5.26 Å². The Bertz CT molecular complexity index is 553. The predicted octanol–water partition coefficient (Wildman–Crippen LogP) is 1.47. The van der Waals surface area contributed by atoms with Gasteiger partial charge in [0.15, 0.2) is 0 Å². The summed E-state index contributed by atoms with van der Waals surface area (Å²) in [6.45, 7) is 4.35. The van der Waals surface area contributed by atoms with Crippen molar-refractivity contribution in [2.75, 3.05) is 32.8 Å². The van der Waals surface area contributed by atoms with Crippen molar-refractivity contribution in [3.8, 4) is 6.07 Å². The van der Waals surface area contributed by atoms with E-state index in [1.807, 2.05) is 4.90 Å². The lowest BCUT2D eigenvalue weighted by atomic mass is 10.0. The van der Waals surface area contributed by atoms with Crippen LogP contribution in [0.4, 0.5) is 4.39 Å². The second kappa shape index (κ2) is 7.87. The summed E-state index contributed by atoms with van der Waals surface area (Å²) in [5.41, 5.74) is 0.615. The summed E-state index contributed by atoms with van der Waals surface area (Å²) in [5, 5.41) is 11.6. The molecule has 0 spiro atoms. The van der Waals surface area contributed by atoms with Crippen LogP contribution in [0.2, 0.25) is 0 Å². The van der Waals surface area contributed by atoms with E-state index in [0.29, 0.717) is 31.9 Å². The third kappa shape index (κ3) is 4.26. The molecule has 1 aliphatic heterocycles. The molecular formula is C16H20FN3O2. The fourth-order valence-electron chi connectivity index (χ4n) is 2.44. The summed E-state index contributed by atoms with van der Waals surface area (Å²) in [5.74, 6) is -0.842. The Hall–Kier alpha value is -1.97. The maximum Gasteiger partial charge on any atom is 0.242 e. The van der Waals surface area contributed by atoms with E-state index in [0.717, 1.165) is 0 Å². The minimum absolute atomic E-state index is 0.213. The van der Waals surface area contributed by atoms with Crippen molar-refractivity contribution in [1.82, 2.24) is 10.2 Å². The first-order chi connectivity index (χ1) is 10.6. The maximum atomic E-state index is 13.5. The molecule has 0 aromatic heterocycles. The highest BCUT2D eigenvalue weighted by Gasteiger charge is 2.29. The van der Waals surface area contributed by atoms with Crippen molar-refractivity contribution >= 4 is 5.91 Å². The van der Waals surface area contributed by atoms with Crippen LogP contribution in [0.5, 0.6) is 0 Å². The summed E-state index contributed by atoms with van der Waals surface area (Å²) in [6, 6.07) is 7.60. The molecule has 1 aromatic carbocycles. The highest BCUT2D eigenvalue weighted by Crippen LogP contribution is 2.23. The lowest BCUT2D eigenvalue weighted by Gasteiger charge is -2.33. The van der Waals surface area contributed by atoms with Crippen molar-refractivity contribution in [3.63, 3.8) is 0 Å². The lowest BCUT2D eigenvalue weighted by Crippen LogP contribution is -2.46. The monoisotopic (exact) mass is 305 g/mol. The Balaban J connectivity index is 2.17. The number of halogens is 1. The molecule has 0 aliphatic carbocycles. The Morgan fingerprint density at radius 1 is 1.50 bits per heavy atom. The third-order valence-electron chi connectivity index (χ3n) is 3.63. The standard InChI is InChI=1S/C16H20FN3O2/c1-12(10-18)11-19-16(21)15(20-5-7-22-8-6-20)13-3-2-4-14(17)9-13/h2-4,9,12,15H,5-8,11H2,1H3,(H,19,21). The van der Waals surface area contributed by atoms with Crippen LogP contribution in [0.3, 0.4) is 0 Å². The Kier molecular flexibility index (Phi) is 5.87. The first-order valence-electron chi connectivity index (χ1n) is 7.36. The van der Waals surface area contributed by atoms with Crippen molar-refractivity contribution in [2.45, 2.75) is 13.0 Å². The van der Waals surface area contributed by atoms with Crippen LogP contribution in [0, 0.1) is 23.1 Å². The number of nitriles is 1. The maximum absolute atomic E-state index is 13.5. The molecule has 0 bridgehead atoms. The summed E-state index contributed by atoms with van der Waals surface area (Å²) in [7, 11) is 0. The van der Waals surface area contributed by atoms with Crippen LogP contribution >= 0.6 is 0 Å². The van der Waals surface area contributed by atoms with Gasteiger partial charge in [0.05, 0.1) is 25.2 Å². The summed E-state index contributed by atoms with van der Waals surface area (Å²) >= 11 is 0. The van der Waals surface area contributed by atoms with Gasteiger partial charge in [0.1, 0.15) is 11.9 Å². The minimum Gasteiger partial charge on any atom is -0.379 e. The van der Waals surface area contributed by atoms with Gasteiger partial charge in [0, 0.05) is 19.6 Å². The van der Waals surface area contributed by atoms with Crippen LogP contribution in [-0.2, 0) is 9.53 Å². The molecule has 1 heterocycles. The predicted molar refractivity (Wildman–Crippen MR) is 79.3 cm³/mol. The average Bonchev–Trinajstić information content (AvgIpc) is 2.54. The van der Waals surface area contributed by atoms with Gasteiger partial charge in [0.2, 0.25) is 5.91 Å². The minimum atomic E-state index is -0.564. The third-order valence-corrected chi connectivity index (χ3v) is 3.63. The van der Waals surface area contributed by atoms with Gasteiger partial charge in [-0.3, -0.25) is 9.69 Å². The summed E-state index contributed by atoms with van der Waals surface area (Å²) in [6.07, 6.45) is 0. The molecule has 0 saturated carbocycles. The van der Waals surface area contributed by atoms with E-state index < -0.39 is 6.04 Å². The number of amides is 1. The molecule has 118 valence electrons. The number of nitrogens with one attached hydrogen (secondary N) is 1. The molecule has 2 unspecified atom stereocenters. The SMILES string of the molecule is CC(C#N)CNC(=O)C(c1cccc(F)c1)N1CCOCC1. The molecule has 2 rings (SSSR count). The molecule has 1 aliphatic rings. The first-order valence-corrected chi connectivity index (χ1v) is 7.36. The zero-order valence-corrected chi connectivity index (χ0v) is 12.6. The molecule has 5 nitrogen and oxygen atoms in total. The van der Waals surface area contributed by atoms with E-state index in [2.05, 4.69) is 11.4 Å². The number of carbonyl (C=O) groups is 1. The van der Waals surface area contributed by atoms with Crippen LogP contribution in [0.25, 0.3) is 0 Å². The Morgan fingerprint density at radius 3 is 2.86 bits per heavy atom. The molecule has 0 radical (unpaired) electrons. The van der Waals surface area contributed by atoms with E-state index in [1.54, 1.807) is 19.1 Å². The van der Waals surface area contributed by atoms with Crippen molar-refractivity contribution in [3.05, 3.63) is 35.6 Å². The van der Waals surface area contributed by atoms with Crippen molar-refractivity contribution < 1.29 is 13.9 Å². The van der Waals surface area contributed by atoms with Gasteiger partial charge in [-0.05, 0) is 24.6 Å². The fraction of sp³-hybridized carbons (Fsp3) is 0.500. The number of carbonyl (C=O) groups excluding carboxylic acids is 1. The number of hydrogen-bond acceptors (Lipinski definition) is 4. The smallest absolute Gasteiger partial charge is 0.242 e.